The summed E-state index contributed by atoms with van der Waals surface area (Å²) in [6, 6.07) is 5.08. The summed E-state index contributed by atoms with van der Waals surface area (Å²) in [4.78, 5) is 12.4. The molecular formula is C16H21ClN2O2. The Morgan fingerprint density at radius 3 is 2.86 bits per heavy atom. The van der Waals surface area contributed by atoms with E-state index in [0.717, 1.165) is 18.8 Å². The fourth-order valence-electron chi connectivity index (χ4n) is 3.52. The first kappa shape index (κ1) is 14.7. The lowest BCUT2D eigenvalue weighted by Crippen LogP contribution is -2.53. The molecule has 1 saturated heterocycles. The number of fused-ring (bicyclic) bond motifs is 1. The number of rotatable bonds is 2. The molecule has 2 aliphatic rings. The predicted octanol–water partition coefficient (Wildman–Crippen LogP) is 3.29. The summed E-state index contributed by atoms with van der Waals surface area (Å²) < 4.78 is 0. The van der Waals surface area contributed by atoms with Crippen LogP contribution in [0, 0.1) is 5.92 Å². The van der Waals surface area contributed by atoms with Gasteiger partial charge < -0.3 is 15.7 Å². The Morgan fingerprint density at radius 1 is 1.24 bits per heavy atom. The predicted molar refractivity (Wildman–Crippen MR) is 83.7 cm³/mol. The first-order chi connectivity index (χ1) is 10.1. The van der Waals surface area contributed by atoms with Gasteiger partial charge in [0.25, 0.3) is 0 Å². The number of hydrogen-bond donors (Lipinski definition) is 3. The van der Waals surface area contributed by atoms with Gasteiger partial charge in [0.2, 0.25) is 5.91 Å². The van der Waals surface area contributed by atoms with Crippen molar-refractivity contribution in [1.82, 2.24) is 5.32 Å². The van der Waals surface area contributed by atoms with Crippen LogP contribution >= 0.6 is 11.6 Å². The molecule has 5 heteroatoms. The fourth-order valence-corrected chi connectivity index (χ4v) is 3.70. The molecule has 3 atom stereocenters. The summed E-state index contributed by atoms with van der Waals surface area (Å²) >= 11 is 5.86. The van der Waals surface area contributed by atoms with Crippen LogP contribution < -0.4 is 10.6 Å². The third-order valence-electron chi connectivity index (χ3n) is 4.68. The molecule has 0 radical (unpaired) electrons. The zero-order valence-electron chi connectivity index (χ0n) is 11.9. The van der Waals surface area contributed by atoms with Crippen LogP contribution in [-0.2, 0) is 4.79 Å². The number of aromatic hydroxyl groups is 1. The maximum atomic E-state index is 12.4. The van der Waals surface area contributed by atoms with Crippen LogP contribution in [0.25, 0.3) is 0 Å². The van der Waals surface area contributed by atoms with Crippen molar-refractivity contribution in [3.63, 3.8) is 0 Å². The SMILES string of the molecule is O=C(Nc1ccc(O)c(Cl)c1)C1CCC2CCCCC2N1. The zero-order valence-corrected chi connectivity index (χ0v) is 12.7. The van der Waals surface area contributed by atoms with Gasteiger partial charge in [-0.1, -0.05) is 24.4 Å². The van der Waals surface area contributed by atoms with Gasteiger partial charge in [-0.3, -0.25) is 4.79 Å². The Bertz CT molecular complexity index is 535. The summed E-state index contributed by atoms with van der Waals surface area (Å²) in [5.74, 6) is 0.752. The maximum Gasteiger partial charge on any atom is 0.241 e. The van der Waals surface area contributed by atoms with Crippen molar-refractivity contribution in [2.24, 2.45) is 5.92 Å². The number of carbonyl (C=O) groups excluding carboxylic acids is 1. The van der Waals surface area contributed by atoms with Crippen molar-refractivity contribution in [3.8, 4) is 5.75 Å². The Morgan fingerprint density at radius 2 is 2.05 bits per heavy atom. The van der Waals surface area contributed by atoms with E-state index >= 15 is 0 Å². The minimum absolute atomic E-state index is 0.0132. The monoisotopic (exact) mass is 308 g/mol. The molecular weight excluding hydrogens is 288 g/mol. The Kier molecular flexibility index (Phi) is 4.36. The van der Waals surface area contributed by atoms with Gasteiger partial charge in [-0.05, 0) is 49.8 Å². The first-order valence-electron chi connectivity index (χ1n) is 7.69. The van der Waals surface area contributed by atoms with Crippen LogP contribution in [0.5, 0.6) is 5.75 Å². The van der Waals surface area contributed by atoms with Crippen LogP contribution in [0.15, 0.2) is 18.2 Å². The standard InChI is InChI=1S/C16H21ClN2O2/c17-12-9-11(6-8-15(12)20)18-16(21)14-7-5-10-3-1-2-4-13(10)19-14/h6,8-10,13-14,19-20H,1-5,7H2,(H,18,21). The fraction of sp³-hybridized carbons (Fsp3) is 0.562. The summed E-state index contributed by atoms with van der Waals surface area (Å²) in [7, 11) is 0. The van der Waals surface area contributed by atoms with E-state index in [9.17, 15) is 9.90 Å². The Labute approximate surface area is 129 Å². The molecule has 3 rings (SSSR count). The smallest absolute Gasteiger partial charge is 0.241 e. The molecule has 4 nitrogen and oxygen atoms in total. The Balaban J connectivity index is 1.61. The number of amides is 1. The van der Waals surface area contributed by atoms with E-state index in [1.54, 1.807) is 12.1 Å². The van der Waals surface area contributed by atoms with Crippen LogP contribution in [0.3, 0.4) is 0 Å². The number of hydrogen-bond acceptors (Lipinski definition) is 3. The molecule has 1 heterocycles. The Hall–Kier alpha value is -1.26. The second kappa shape index (κ2) is 6.24. The highest BCUT2D eigenvalue weighted by Crippen LogP contribution is 2.32. The van der Waals surface area contributed by atoms with Crippen molar-refractivity contribution < 1.29 is 9.90 Å². The molecule has 21 heavy (non-hydrogen) atoms. The minimum atomic E-state index is -0.128. The summed E-state index contributed by atoms with van der Waals surface area (Å²) in [6.07, 6.45) is 7.08. The number of piperidine rings is 1. The minimum Gasteiger partial charge on any atom is -0.506 e. The number of carbonyl (C=O) groups is 1. The lowest BCUT2D eigenvalue weighted by Gasteiger charge is -2.39. The van der Waals surface area contributed by atoms with E-state index in [-0.39, 0.29) is 22.7 Å². The summed E-state index contributed by atoms with van der Waals surface area (Å²) in [5.41, 5.74) is 0.621. The quantitative estimate of drug-likeness (QED) is 0.735. The van der Waals surface area contributed by atoms with Gasteiger partial charge in [0.15, 0.2) is 0 Å². The van der Waals surface area contributed by atoms with E-state index in [4.69, 9.17) is 11.6 Å². The van der Waals surface area contributed by atoms with Gasteiger partial charge in [0, 0.05) is 11.7 Å². The van der Waals surface area contributed by atoms with Gasteiger partial charge in [-0.25, -0.2) is 0 Å². The highest BCUT2D eigenvalue weighted by molar-refractivity contribution is 6.32. The van der Waals surface area contributed by atoms with Crippen LogP contribution in [-0.4, -0.2) is 23.1 Å². The highest BCUT2D eigenvalue weighted by atomic mass is 35.5. The third kappa shape index (κ3) is 3.33. The van der Waals surface area contributed by atoms with Crippen molar-refractivity contribution in [3.05, 3.63) is 23.2 Å². The van der Waals surface area contributed by atoms with Crippen molar-refractivity contribution >= 4 is 23.2 Å². The van der Waals surface area contributed by atoms with Gasteiger partial charge in [0.05, 0.1) is 11.1 Å². The topological polar surface area (TPSA) is 61.4 Å². The molecule has 3 unspecified atom stereocenters. The number of halogens is 1. The van der Waals surface area contributed by atoms with E-state index < -0.39 is 0 Å². The molecule has 0 spiro atoms. The zero-order chi connectivity index (χ0) is 14.8. The van der Waals surface area contributed by atoms with Crippen molar-refractivity contribution in [2.75, 3.05) is 5.32 Å². The summed E-state index contributed by atoms with van der Waals surface area (Å²) in [6.45, 7) is 0. The molecule has 0 bridgehead atoms. The lowest BCUT2D eigenvalue weighted by molar-refractivity contribution is -0.119. The van der Waals surface area contributed by atoms with Crippen molar-refractivity contribution in [1.29, 1.82) is 0 Å². The van der Waals surface area contributed by atoms with E-state index in [1.807, 2.05) is 0 Å². The number of phenolic OH excluding ortho intramolecular Hbond substituents is 1. The van der Waals surface area contributed by atoms with Crippen LogP contribution in [0.4, 0.5) is 5.69 Å². The largest absolute Gasteiger partial charge is 0.506 e. The van der Waals surface area contributed by atoms with E-state index in [0.29, 0.717) is 11.7 Å². The molecule has 1 aromatic carbocycles. The third-order valence-corrected chi connectivity index (χ3v) is 4.98. The number of nitrogens with one attached hydrogen (secondary N) is 2. The molecule has 2 fully saturated rings. The normalized spacial score (nSPS) is 28.7. The second-order valence-corrected chi connectivity index (χ2v) is 6.51. The van der Waals surface area contributed by atoms with E-state index in [1.165, 1.54) is 31.7 Å². The molecule has 0 aromatic heterocycles. The average molecular weight is 309 g/mol. The molecule has 114 valence electrons. The van der Waals surface area contributed by atoms with Gasteiger partial charge in [-0.2, -0.15) is 0 Å². The molecule has 1 aliphatic heterocycles. The van der Waals surface area contributed by atoms with Crippen LogP contribution in [0.2, 0.25) is 5.02 Å². The first-order valence-corrected chi connectivity index (χ1v) is 8.07. The lowest BCUT2D eigenvalue weighted by atomic mass is 9.77. The number of phenols is 1. The van der Waals surface area contributed by atoms with Crippen LogP contribution in [0.1, 0.15) is 38.5 Å². The highest BCUT2D eigenvalue weighted by Gasteiger charge is 2.34. The number of anilines is 1. The molecule has 1 saturated carbocycles. The summed E-state index contributed by atoms with van der Waals surface area (Å²) in [5, 5.41) is 16.0. The molecule has 3 N–H and O–H groups in total. The van der Waals surface area contributed by atoms with Gasteiger partial charge in [0.1, 0.15) is 5.75 Å². The number of benzene rings is 1. The maximum absolute atomic E-state index is 12.4. The van der Waals surface area contributed by atoms with E-state index in [2.05, 4.69) is 10.6 Å². The second-order valence-electron chi connectivity index (χ2n) is 6.10. The molecule has 1 amide bonds. The van der Waals surface area contributed by atoms with Gasteiger partial charge in [-0.15, -0.1) is 0 Å². The van der Waals surface area contributed by atoms with Gasteiger partial charge >= 0.3 is 0 Å². The average Bonchev–Trinajstić information content (AvgIpc) is 2.50. The molecule has 1 aliphatic carbocycles. The molecule has 1 aromatic rings. The van der Waals surface area contributed by atoms with Crippen molar-refractivity contribution in [2.45, 2.75) is 50.6 Å².